The smallest absolute Gasteiger partial charge is 0.313 e. The monoisotopic (exact) mass is 342 g/mol. The molecule has 2 heterocycles. The quantitative estimate of drug-likeness (QED) is 0.467. The normalized spacial score (nSPS) is 14.9. The van der Waals surface area contributed by atoms with E-state index in [1.807, 2.05) is 18.4 Å². The van der Waals surface area contributed by atoms with Crippen LogP contribution in [0, 0.1) is 19.8 Å². The number of thiophene rings is 1. The molecule has 0 N–H and O–H groups in total. The molecule has 1 aromatic heterocycles. The highest BCUT2D eigenvalue weighted by molar-refractivity contribution is 7.11. The molecular weight excluding hydrogens is 324 g/mol. The predicted molar refractivity (Wildman–Crippen MR) is 93.6 cm³/mol. The first kappa shape index (κ1) is 16.5. The first-order valence-electron chi connectivity index (χ1n) is 7.72. The summed E-state index contributed by atoms with van der Waals surface area (Å²) in [5, 5.41) is 1.98. The number of aryl methyl sites for hydroxylation is 1. The Morgan fingerprint density at radius 1 is 1.25 bits per heavy atom. The lowest BCUT2D eigenvalue weighted by molar-refractivity contribution is -0.137. The Kier molecular flexibility index (Phi) is 4.28. The number of Topliss-reactive ketones (excluding diaryl/α,β-unsaturated/α-hetero) is 1. The van der Waals surface area contributed by atoms with Gasteiger partial charge in [0.05, 0.1) is 11.5 Å². The zero-order chi connectivity index (χ0) is 17.4. The van der Waals surface area contributed by atoms with Gasteiger partial charge in [-0.2, -0.15) is 0 Å². The van der Waals surface area contributed by atoms with E-state index in [1.165, 1.54) is 0 Å². The lowest BCUT2D eigenvalue weighted by atomic mass is 10.1. The predicted octanol–water partition coefficient (Wildman–Crippen LogP) is 4.54. The molecule has 1 aliphatic rings. The van der Waals surface area contributed by atoms with Crippen molar-refractivity contribution in [3.8, 4) is 11.5 Å². The van der Waals surface area contributed by atoms with Crippen LogP contribution in [0.5, 0.6) is 11.5 Å². The van der Waals surface area contributed by atoms with Crippen molar-refractivity contribution in [1.82, 2.24) is 0 Å². The van der Waals surface area contributed by atoms with Gasteiger partial charge in [0.25, 0.3) is 0 Å². The van der Waals surface area contributed by atoms with Crippen molar-refractivity contribution in [1.29, 1.82) is 0 Å². The maximum atomic E-state index is 12.5. The van der Waals surface area contributed by atoms with Gasteiger partial charge in [-0.15, -0.1) is 11.3 Å². The van der Waals surface area contributed by atoms with Crippen molar-refractivity contribution in [2.24, 2.45) is 5.92 Å². The van der Waals surface area contributed by atoms with Crippen LogP contribution in [-0.4, -0.2) is 11.8 Å². The van der Waals surface area contributed by atoms with Crippen molar-refractivity contribution in [3.63, 3.8) is 0 Å². The number of rotatable bonds is 3. The second-order valence-corrected chi connectivity index (χ2v) is 7.00. The van der Waals surface area contributed by atoms with E-state index >= 15 is 0 Å². The van der Waals surface area contributed by atoms with Gasteiger partial charge in [0.2, 0.25) is 5.78 Å². The number of hydrogen-bond acceptors (Lipinski definition) is 5. The number of carbonyl (C=O) groups excluding carboxylic acids is 2. The summed E-state index contributed by atoms with van der Waals surface area (Å²) >= 11 is 1.56. The molecule has 3 rings (SSSR count). The zero-order valence-electron chi connectivity index (χ0n) is 14.0. The van der Waals surface area contributed by atoms with E-state index < -0.39 is 0 Å². The minimum absolute atomic E-state index is 0.150. The molecule has 0 radical (unpaired) electrons. The molecule has 0 saturated carbocycles. The summed E-state index contributed by atoms with van der Waals surface area (Å²) in [6.45, 7) is 7.32. The fraction of sp³-hybridized carbons (Fsp3) is 0.263. The SMILES string of the molecule is Cc1ccsc1/C=C1\Oc2c(ccc(OC(=O)C(C)C)c2C)C1=O. The number of benzene rings is 1. The highest BCUT2D eigenvalue weighted by Gasteiger charge is 2.30. The molecule has 5 heteroatoms. The highest BCUT2D eigenvalue weighted by atomic mass is 32.1. The summed E-state index contributed by atoms with van der Waals surface area (Å²) in [6, 6.07) is 5.29. The first-order chi connectivity index (χ1) is 11.4. The summed E-state index contributed by atoms with van der Waals surface area (Å²) in [7, 11) is 0. The van der Waals surface area contributed by atoms with Crippen molar-refractivity contribution in [2.75, 3.05) is 0 Å². The van der Waals surface area contributed by atoms with E-state index in [4.69, 9.17) is 9.47 Å². The third kappa shape index (κ3) is 2.87. The number of allylic oxidation sites excluding steroid dienone is 1. The second-order valence-electron chi connectivity index (χ2n) is 6.05. The minimum atomic E-state index is -0.313. The largest absolute Gasteiger partial charge is 0.452 e. The van der Waals surface area contributed by atoms with E-state index in [-0.39, 0.29) is 17.7 Å². The highest BCUT2D eigenvalue weighted by Crippen LogP contribution is 2.39. The van der Waals surface area contributed by atoms with Gasteiger partial charge in [-0.3, -0.25) is 9.59 Å². The Labute approximate surface area is 144 Å². The molecule has 4 nitrogen and oxygen atoms in total. The van der Waals surface area contributed by atoms with Gasteiger partial charge >= 0.3 is 5.97 Å². The van der Waals surface area contributed by atoms with E-state index in [2.05, 4.69) is 0 Å². The summed E-state index contributed by atoms with van der Waals surface area (Å²) in [6.07, 6.45) is 1.77. The molecule has 0 amide bonds. The minimum Gasteiger partial charge on any atom is -0.452 e. The number of ether oxygens (including phenoxy) is 2. The molecule has 0 spiro atoms. The van der Waals surface area contributed by atoms with Crippen LogP contribution < -0.4 is 9.47 Å². The number of hydrogen-bond donors (Lipinski definition) is 0. The average molecular weight is 342 g/mol. The van der Waals surface area contributed by atoms with Crippen molar-refractivity contribution in [3.05, 3.63) is 50.9 Å². The Balaban J connectivity index is 1.94. The maximum absolute atomic E-state index is 12.5. The Morgan fingerprint density at radius 3 is 2.62 bits per heavy atom. The van der Waals surface area contributed by atoms with Crippen LogP contribution in [0.4, 0.5) is 0 Å². The summed E-state index contributed by atoms with van der Waals surface area (Å²) in [5.41, 5.74) is 2.25. The van der Waals surface area contributed by atoms with Gasteiger partial charge in [0, 0.05) is 16.5 Å². The van der Waals surface area contributed by atoms with Crippen LogP contribution in [0.2, 0.25) is 0 Å². The van der Waals surface area contributed by atoms with Gasteiger partial charge < -0.3 is 9.47 Å². The van der Waals surface area contributed by atoms with E-state index in [9.17, 15) is 9.59 Å². The molecule has 0 aliphatic carbocycles. The van der Waals surface area contributed by atoms with Crippen molar-refractivity contribution < 1.29 is 19.1 Å². The van der Waals surface area contributed by atoms with Gasteiger partial charge in [-0.1, -0.05) is 13.8 Å². The summed E-state index contributed by atoms with van der Waals surface area (Å²) in [5.74, 6) is 0.502. The molecule has 0 atom stereocenters. The molecular formula is C19H18O4S. The summed E-state index contributed by atoms with van der Waals surface area (Å²) in [4.78, 5) is 25.3. The lowest BCUT2D eigenvalue weighted by Gasteiger charge is -2.11. The number of carbonyl (C=O) groups is 2. The lowest BCUT2D eigenvalue weighted by Crippen LogP contribution is -2.15. The average Bonchev–Trinajstić information content (AvgIpc) is 3.08. The van der Waals surface area contributed by atoms with Crippen LogP contribution in [0.15, 0.2) is 29.3 Å². The third-order valence-electron chi connectivity index (χ3n) is 3.88. The van der Waals surface area contributed by atoms with Crippen LogP contribution in [-0.2, 0) is 4.79 Å². The molecule has 0 saturated heterocycles. The van der Waals surface area contributed by atoms with Crippen LogP contribution >= 0.6 is 11.3 Å². The maximum Gasteiger partial charge on any atom is 0.313 e. The molecule has 124 valence electrons. The number of ketones is 1. The van der Waals surface area contributed by atoms with Crippen LogP contribution in [0.25, 0.3) is 6.08 Å². The molecule has 1 aromatic carbocycles. The van der Waals surface area contributed by atoms with Gasteiger partial charge in [0.15, 0.2) is 5.76 Å². The van der Waals surface area contributed by atoms with Gasteiger partial charge in [-0.05, 0) is 43.0 Å². The first-order valence-corrected chi connectivity index (χ1v) is 8.60. The standard InChI is InChI=1S/C19H18O4S/c1-10(2)19(21)23-14-6-5-13-17(20)15(22-18(13)12(14)4)9-16-11(3)7-8-24-16/h5-10H,1-4H3/b15-9-. The van der Waals surface area contributed by atoms with E-state index in [0.29, 0.717) is 28.4 Å². The number of fused-ring (bicyclic) bond motifs is 1. The fourth-order valence-electron chi connectivity index (χ4n) is 2.36. The van der Waals surface area contributed by atoms with Crippen LogP contribution in [0.3, 0.4) is 0 Å². The Hall–Kier alpha value is -2.40. The molecule has 0 unspecified atom stereocenters. The Morgan fingerprint density at radius 2 is 2.00 bits per heavy atom. The third-order valence-corrected chi connectivity index (χ3v) is 4.85. The van der Waals surface area contributed by atoms with Crippen molar-refractivity contribution >= 4 is 29.2 Å². The van der Waals surface area contributed by atoms with E-state index in [1.54, 1.807) is 50.3 Å². The van der Waals surface area contributed by atoms with Crippen molar-refractivity contribution in [2.45, 2.75) is 27.7 Å². The molecule has 2 aromatic rings. The Bertz CT molecular complexity index is 858. The van der Waals surface area contributed by atoms with Crippen LogP contribution in [0.1, 0.15) is 40.2 Å². The van der Waals surface area contributed by atoms with Gasteiger partial charge in [0.1, 0.15) is 11.5 Å². The van der Waals surface area contributed by atoms with E-state index in [0.717, 1.165) is 10.4 Å². The number of esters is 1. The fourth-order valence-corrected chi connectivity index (χ4v) is 3.20. The van der Waals surface area contributed by atoms with Gasteiger partial charge in [-0.25, -0.2) is 0 Å². The summed E-state index contributed by atoms with van der Waals surface area (Å²) < 4.78 is 11.2. The molecule has 24 heavy (non-hydrogen) atoms. The second kappa shape index (κ2) is 6.24. The topological polar surface area (TPSA) is 52.6 Å². The zero-order valence-corrected chi connectivity index (χ0v) is 14.8. The molecule has 0 fully saturated rings. The molecule has 1 aliphatic heterocycles. The molecule has 0 bridgehead atoms.